The SMILES string of the molecule is C[C@@](CCCCNC(=O)CCCCCCC(=O)NC(CCCCNC(=O)Cc1ccc(C(=O)O)c(-c2c3ccc4cc(O)ccc4c3oc3c2ccc2cc(=O)ccc23)c1)C(=O)O)(NC(=O)NC(CCC(=O)O)C(O)O)C(=O)O. The Labute approximate surface area is 452 Å². The molecule has 0 radical (unpaired) electrons. The number of carbonyl (C=O) groups is 8. The second-order valence-corrected chi connectivity index (χ2v) is 19.7. The molecule has 1 heterocycles. The summed E-state index contributed by atoms with van der Waals surface area (Å²) in [4.78, 5) is 111. The van der Waals surface area contributed by atoms with Crippen LogP contribution in [0.15, 0.2) is 88.1 Å². The smallest absolute Gasteiger partial charge is 0.336 e. The first-order chi connectivity index (χ1) is 37.6. The average molecular weight is 1090 g/mol. The van der Waals surface area contributed by atoms with Crippen LogP contribution in [0.1, 0.15) is 113 Å². The zero-order chi connectivity index (χ0) is 57.4. The molecule has 0 aliphatic carbocycles. The van der Waals surface area contributed by atoms with Crippen molar-refractivity contribution in [1.82, 2.24) is 26.6 Å². The molecular formula is C57H65N5O17. The quantitative estimate of drug-likeness (QED) is 0.0106. The number of aliphatic hydroxyl groups excluding tert-OH is 1. The van der Waals surface area contributed by atoms with Crippen molar-refractivity contribution in [3.8, 4) is 16.9 Å². The van der Waals surface area contributed by atoms with Gasteiger partial charge >= 0.3 is 29.9 Å². The molecule has 5 aromatic carbocycles. The molecule has 0 saturated heterocycles. The van der Waals surface area contributed by atoms with E-state index in [2.05, 4.69) is 26.6 Å². The molecule has 3 atom stereocenters. The van der Waals surface area contributed by atoms with Crippen molar-refractivity contribution in [3.05, 3.63) is 100 Å². The number of phenolic OH excluding ortho intramolecular Hbond substituents is 1. The zero-order valence-electron chi connectivity index (χ0n) is 43.5. The molecule has 0 fully saturated rings. The van der Waals surface area contributed by atoms with Gasteiger partial charge in [0.05, 0.1) is 18.0 Å². The molecule has 0 spiro atoms. The van der Waals surface area contributed by atoms with Gasteiger partial charge in [0.25, 0.3) is 0 Å². The fourth-order valence-corrected chi connectivity index (χ4v) is 9.38. The van der Waals surface area contributed by atoms with Crippen LogP contribution in [0.5, 0.6) is 5.75 Å². The highest BCUT2D eigenvalue weighted by molar-refractivity contribution is 6.21. The third kappa shape index (κ3) is 16.4. The number of carbonyl (C=O) groups excluding carboxylic acids is 4. The number of unbranched alkanes of at least 4 members (excludes halogenated alkanes) is 5. The zero-order valence-corrected chi connectivity index (χ0v) is 43.5. The summed E-state index contributed by atoms with van der Waals surface area (Å²) < 4.78 is 6.61. The third-order valence-corrected chi connectivity index (χ3v) is 13.7. The number of hydrogen-bond donors (Lipinski definition) is 12. The van der Waals surface area contributed by atoms with E-state index >= 15 is 0 Å². The van der Waals surface area contributed by atoms with E-state index in [4.69, 9.17) is 9.52 Å². The Hall–Kier alpha value is -8.63. The van der Waals surface area contributed by atoms with Crippen molar-refractivity contribution in [2.75, 3.05) is 13.1 Å². The van der Waals surface area contributed by atoms with Crippen molar-refractivity contribution in [2.24, 2.45) is 0 Å². The Bertz CT molecular complexity index is 3320. The molecule has 6 aromatic rings. The highest BCUT2D eigenvalue weighted by Crippen LogP contribution is 2.43. The van der Waals surface area contributed by atoms with Crippen molar-refractivity contribution < 1.29 is 78.5 Å². The van der Waals surface area contributed by atoms with Crippen molar-refractivity contribution in [1.29, 1.82) is 0 Å². The second kappa shape index (κ2) is 27.6. The lowest BCUT2D eigenvalue weighted by Crippen LogP contribution is -2.58. The minimum Gasteiger partial charge on any atom is -0.508 e. The molecule has 22 nitrogen and oxygen atoms in total. The first-order valence-electron chi connectivity index (χ1n) is 26.0. The van der Waals surface area contributed by atoms with E-state index in [1.165, 1.54) is 31.2 Å². The predicted octanol–water partition coefficient (Wildman–Crippen LogP) is 6.04. The molecule has 22 heteroatoms. The molecule has 6 rings (SSSR count). The van der Waals surface area contributed by atoms with Gasteiger partial charge in [-0.3, -0.25) is 24.0 Å². The van der Waals surface area contributed by atoms with Gasteiger partial charge in [0.2, 0.25) is 17.7 Å². The molecule has 5 amide bonds. The maximum absolute atomic E-state index is 13.3. The lowest BCUT2D eigenvalue weighted by atomic mass is 9.89. The van der Waals surface area contributed by atoms with Crippen LogP contribution in [0.4, 0.5) is 4.79 Å². The van der Waals surface area contributed by atoms with Crippen molar-refractivity contribution >= 4 is 91.1 Å². The molecular weight excluding hydrogens is 1030 g/mol. The van der Waals surface area contributed by atoms with Crippen LogP contribution >= 0.6 is 0 Å². The number of aromatic carboxylic acids is 1. The number of carboxylic acid groups (broad SMARTS) is 4. The lowest BCUT2D eigenvalue weighted by molar-refractivity contribution is -0.144. The van der Waals surface area contributed by atoms with Crippen LogP contribution in [0.2, 0.25) is 0 Å². The molecule has 0 bridgehead atoms. The summed E-state index contributed by atoms with van der Waals surface area (Å²) in [6, 6.07) is 17.7. The topological polar surface area (TPSA) is 369 Å². The highest BCUT2D eigenvalue weighted by atomic mass is 16.5. The summed E-state index contributed by atoms with van der Waals surface area (Å²) in [5.41, 5.74) is 0.259. The number of aromatic hydroxyl groups is 1. The highest BCUT2D eigenvalue weighted by Gasteiger charge is 2.35. The molecule has 0 aliphatic heterocycles. The van der Waals surface area contributed by atoms with Crippen LogP contribution < -0.4 is 32.0 Å². The predicted molar refractivity (Wildman–Crippen MR) is 290 cm³/mol. The number of fused-ring (bicyclic) bond motifs is 6. The minimum absolute atomic E-state index is 0.0215. The monoisotopic (exact) mass is 1090 g/mol. The van der Waals surface area contributed by atoms with Crippen LogP contribution in [0.25, 0.3) is 54.6 Å². The Morgan fingerprint density at radius 2 is 1.22 bits per heavy atom. The molecule has 79 heavy (non-hydrogen) atoms. The maximum atomic E-state index is 13.3. The number of aliphatic hydroxyl groups is 2. The molecule has 0 aliphatic rings. The normalized spacial score (nSPS) is 12.9. The van der Waals surface area contributed by atoms with Crippen LogP contribution in [0, 0.1) is 0 Å². The summed E-state index contributed by atoms with van der Waals surface area (Å²) in [5.74, 6) is -5.93. The summed E-state index contributed by atoms with van der Waals surface area (Å²) in [7, 11) is 0. The largest absolute Gasteiger partial charge is 0.508 e. The summed E-state index contributed by atoms with van der Waals surface area (Å²) in [6.07, 6.45) is 1.11. The number of hydrogen-bond acceptors (Lipinski definition) is 13. The number of aliphatic carboxylic acids is 3. The van der Waals surface area contributed by atoms with E-state index < -0.39 is 66.1 Å². The molecule has 1 aromatic heterocycles. The number of urea groups is 1. The average Bonchev–Trinajstić information content (AvgIpc) is 3.39. The molecule has 12 N–H and O–H groups in total. The van der Waals surface area contributed by atoms with Crippen LogP contribution in [0.3, 0.4) is 0 Å². The van der Waals surface area contributed by atoms with E-state index in [0.29, 0.717) is 112 Å². The standard InChI is InChI=1S/C57H65N5O17/c1-57(55(76)77,62-56(78)61-44(54(74)75)23-24-48(68)69)25-7-9-27-58-45(65)11-4-2-3-5-12-46(66)60-43(53(72)73)10-6-8-26-59-47(67)29-32-13-18-39(52(70)71)42(28-32)49-40-19-14-33-30-35(63)16-21-37(33)50(40)79-51-38-22-17-36(64)31-34(38)15-20-41(49)51/h13-22,28,30-31,43-44,54,63,74-75H,2-12,23-27,29H2,1H3,(H,58,65)(H,59,67)(H,60,66)(H,68,69)(H,70,71)(H,72,73)(H,76,77)(H2,61,62,78)/t43?,44?,57-/m0/s1. The number of amides is 5. The van der Waals surface area contributed by atoms with Gasteiger partial charge < -0.3 is 66.7 Å². The Morgan fingerprint density at radius 1 is 0.608 bits per heavy atom. The summed E-state index contributed by atoms with van der Waals surface area (Å²) in [6.45, 7) is 1.72. The fourth-order valence-electron chi connectivity index (χ4n) is 9.38. The van der Waals surface area contributed by atoms with Gasteiger partial charge in [-0.15, -0.1) is 0 Å². The van der Waals surface area contributed by atoms with Crippen molar-refractivity contribution in [3.63, 3.8) is 0 Å². The number of phenols is 1. The summed E-state index contributed by atoms with van der Waals surface area (Å²) in [5, 5.41) is 84.3. The Kier molecular flexibility index (Phi) is 20.8. The van der Waals surface area contributed by atoms with E-state index in [1.807, 2.05) is 0 Å². The van der Waals surface area contributed by atoms with Gasteiger partial charge in [0, 0.05) is 59.5 Å². The molecule has 0 saturated carbocycles. The van der Waals surface area contributed by atoms with Gasteiger partial charge in [-0.1, -0.05) is 31.0 Å². The lowest BCUT2D eigenvalue weighted by Gasteiger charge is -2.28. The Balaban J connectivity index is 0.913. The van der Waals surface area contributed by atoms with Gasteiger partial charge in [-0.25, -0.2) is 19.2 Å². The molecule has 2 unspecified atom stereocenters. The maximum Gasteiger partial charge on any atom is 0.336 e. The minimum atomic E-state index is -2.07. The van der Waals surface area contributed by atoms with E-state index in [0.717, 1.165) is 0 Å². The first-order valence-corrected chi connectivity index (χ1v) is 26.0. The number of carboxylic acids is 4. The van der Waals surface area contributed by atoms with Crippen LogP contribution in [-0.4, -0.2) is 120 Å². The van der Waals surface area contributed by atoms with E-state index in [1.54, 1.807) is 54.6 Å². The second-order valence-electron chi connectivity index (χ2n) is 19.7. The first kappa shape index (κ1) is 59.6. The fraction of sp³-hybridized carbons (Fsp3) is 0.386. The van der Waals surface area contributed by atoms with Crippen molar-refractivity contribution in [2.45, 2.75) is 127 Å². The van der Waals surface area contributed by atoms with Gasteiger partial charge in [-0.2, -0.15) is 0 Å². The number of nitrogens with one attached hydrogen (secondary N) is 5. The van der Waals surface area contributed by atoms with E-state index in [9.17, 15) is 73.8 Å². The Morgan fingerprint density at radius 3 is 1.84 bits per heavy atom. The number of rotatable bonds is 30. The molecule has 420 valence electrons. The number of benzene rings is 5. The van der Waals surface area contributed by atoms with E-state index in [-0.39, 0.29) is 80.2 Å². The van der Waals surface area contributed by atoms with Gasteiger partial charge in [0.15, 0.2) is 11.7 Å². The van der Waals surface area contributed by atoms with Gasteiger partial charge in [0.1, 0.15) is 28.5 Å². The van der Waals surface area contributed by atoms with Crippen LogP contribution in [-0.2, 0) is 35.2 Å². The summed E-state index contributed by atoms with van der Waals surface area (Å²) >= 11 is 0. The third-order valence-electron chi connectivity index (χ3n) is 13.7. The van der Waals surface area contributed by atoms with Gasteiger partial charge in [-0.05, 0) is 147 Å².